The highest BCUT2D eigenvalue weighted by Gasteiger charge is 2.23. The van der Waals surface area contributed by atoms with Gasteiger partial charge in [0.15, 0.2) is 0 Å². The molecule has 1 saturated carbocycles. The molecule has 0 aromatic rings. The maximum absolute atomic E-state index is 6.25. The van der Waals surface area contributed by atoms with Crippen LogP contribution in [0.1, 0.15) is 58.8 Å². The predicted octanol–water partition coefficient (Wildman–Crippen LogP) is 3.41. The molecule has 2 heteroatoms. The van der Waals surface area contributed by atoms with Crippen LogP contribution >= 0.6 is 0 Å². The van der Waals surface area contributed by atoms with Crippen LogP contribution in [0.2, 0.25) is 0 Å². The van der Waals surface area contributed by atoms with Gasteiger partial charge >= 0.3 is 0 Å². The average Bonchev–Trinajstić information content (AvgIpc) is 2.32. The molecule has 99 valence electrons. The summed E-state index contributed by atoms with van der Waals surface area (Å²) in [7, 11) is 0. The zero-order chi connectivity index (χ0) is 12.1. The molecule has 1 heterocycles. The average molecular weight is 238 g/mol. The van der Waals surface area contributed by atoms with Crippen LogP contribution in [-0.4, -0.2) is 36.7 Å². The molecule has 1 saturated heterocycles. The Morgan fingerprint density at radius 1 is 0.941 bits per heavy atom. The van der Waals surface area contributed by atoms with Gasteiger partial charge in [0, 0.05) is 19.6 Å². The Kier molecular flexibility index (Phi) is 5.30. The minimum absolute atomic E-state index is 0.548. The number of hydrogen-bond acceptors (Lipinski definition) is 2. The number of likely N-dealkylation sites (tertiary alicyclic amines) is 1. The van der Waals surface area contributed by atoms with E-state index >= 15 is 0 Å². The first-order valence-electron chi connectivity index (χ1n) is 7.41. The second-order valence-corrected chi connectivity index (χ2v) is 6.08. The molecule has 0 N–H and O–H groups in total. The van der Waals surface area contributed by atoms with E-state index in [1.807, 2.05) is 0 Å². The van der Waals surface area contributed by atoms with Crippen LogP contribution in [0, 0.1) is 5.92 Å². The third kappa shape index (κ3) is 4.59. The molecule has 0 spiro atoms. The molecule has 1 aliphatic heterocycles. The van der Waals surface area contributed by atoms with Crippen LogP contribution in [0.25, 0.3) is 0 Å². The molecule has 1 aliphatic carbocycles. The number of ether oxygens (including phenoxy) is 1. The van der Waals surface area contributed by atoms with Crippen molar-refractivity contribution >= 4 is 0 Å². The third-order valence-corrected chi connectivity index (χ3v) is 4.01. The molecular weight excluding hydrogens is 210 g/mol. The van der Waals surface area contributed by atoms with Crippen molar-refractivity contribution in [2.45, 2.75) is 71.0 Å². The van der Waals surface area contributed by atoms with Crippen LogP contribution < -0.4 is 0 Å². The maximum atomic E-state index is 6.25. The normalized spacial score (nSPS) is 25.6. The van der Waals surface area contributed by atoms with Gasteiger partial charge in [-0.05, 0) is 31.6 Å². The minimum atomic E-state index is 0.548. The fourth-order valence-corrected chi connectivity index (χ4v) is 3.12. The molecule has 0 unspecified atom stereocenters. The Labute approximate surface area is 107 Å². The lowest BCUT2D eigenvalue weighted by Gasteiger charge is -2.35. The van der Waals surface area contributed by atoms with Gasteiger partial charge in [-0.25, -0.2) is 0 Å². The Morgan fingerprint density at radius 2 is 1.53 bits per heavy atom. The van der Waals surface area contributed by atoms with E-state index < -0.39 is 0 Å². The first kappa shape index (κ1) is 13.4. The molecule has 0 bridgehead atoms. The van der Waals surface area contributed by atoms with Crippen LogP contribution in [0.5, 0.6) is 0 Å². The SMILES string of the molecule is C[C](C)CN1CCC(OC2CCCCC2)CC1. The summed E-state index contributed by atoms with van der Waals surface area (Å²) in [5.74, 6) is 1.52. The van der Waals surface area contributed by atoms with Crippen LogP contribution in [0.15, 0.2) is 0 Å². The van der Waals surface area contributed by atoms with Crippen molar-refractivity contribution < 1.29 is 4.74 Å². The van der Waals surface area contributed by atoms with Crippen LogP contribution in [0.3, 0.4) is 0 Å². The number of hydrogen-bond donors (Lipinski definition) is 0. The van der Waals surface area contributed by atoms with Crippen molar-refractivity contribution in [3.05, 3.63) is 5.92 Å². The Bertz CT molecular complexity index is 203. The first-order valence-corrected chi connectivity index (χ1v) is 7.41. The predicted molar refractivity (Wildman–Crippen MR) is 72.0 cm³/mol. The van der Waals surface area contributed by atoms with Crippen molar-refractivity contribution in [2.24, 2.45) is 0 Å². The van der Waals surface area contributed by atoms with Crippen molar-refractivity contribution in [1.82, 2.24) is 4.90 Å². The molecular formula is C15H28NO. The Morgan fingerprint density at radius 3 is 2.12 bits per heavy atom. The second-order valence-electron chi connectivity index (χ2n) is 6.08. The van der Waals surface area contributed by atoms with Crippen molar-refractivity contribution in [1.29, 1.82) is 0 Å². The summed E-state index contributed by atoms with van der Waals surface area (Å²) in [5, 5.41) is 0. The number of piperidine rings is 1. The highest BCUT2D eigenvalue weighted by Crippen LogP contribution is 2.24. The molecule has 2 aliphatic rings. The third-order valence-electron chi connectivity index (χ3n) is 4.01. The van der Waals surface area contributed by atoms with Gasteiger partial charge in [0.05, 0.1) is 12.2 Å². The van der Waals surface area contributed by atoms with E-state index in [0.29, 0.717) is 12.2 Å². The summed E-state index contributed by atoms with van der Waals surface area (Å²) >= 11 is 0. The highest BCUT2D eigenvalue weighted by atomic mass is 16.5. The molecule has 17 heavy (non-hydrogen) atoms. The summed E-state index contributed by atoms with van der Waals surface area (Å²) in [6, 6.07) is 0. The van der Waals surface area contributed by atoms with Gasteiger partial charge in [0.2, 0.25) is 0 Å². The van der Waals surface area contributed by atoms with Gasteiger partial charge in [-0.3, -0.25) is 0 Å². The first-order chi connectivity index (χ1) is 8.24. The van der Waals surface area contributed by atoms with E-state index in [9.17, 15) is 0 Å². The molecule has 2 rings (SSSR count). The Hall–Kier alpha value is -0.0800. The summed E-state index contributed by atoms with van der Waals surface area (Å²) in [6.45, 7) is 8.08. The van der Waals surface area contributed by atoms with E-state index in [1.165, 1.54) is 70.5 Å². The highest BCUT2D eigenvalue weighted by molar-refractivity contribution is 4.85. The van der Waals surface area contributed by atoms with Gasteiger partial charge in [-0.15, -0.1) is 0 Å². The van der Waals surface area contributed by atoms with E-state index in [0.717, 1.165) is 0 Å². The van der Waals surface area contributed by atoms with E-state index in [2.05, 4.69) is 18.7 Å². The van der Waals surface area contributed by atoms with Crippen molar-refractivity contribution in [3.63, 3.8) is 0 Å². The molecule has 0 amide bonds. The van der Waals surface area contributed by atoms with E-state index in [4.69, 9.17) is 4.74 Å². The lowest BCUT2D eigenvalue weighted by atomic mass is 9.97. The number of nitrogens with zero attached hydrogens (tertiary/aromatic N) is 1. The van der Waals surface area contributed by atoms with Crippen LogP contribution in [-0.2, 0) is 4.74 Å². The van der Waals surface area contributed by atoms with E-state index in [1.54, 1.807) is 0 Å². The summed E-state index contributed by atoms with van der Waals surface area (Å²) in [6.07, 6.45) is 10.4. The van der Waals surface area contributed by atoms with E-state index in [-0.39, 0.29) is 0 Å². The summed E-state index contributed by atoms with van der Waals surface area (Å²) in [5.41, 5.74) is 0. The van der Waals surface area contributed by atoms with Gasteiger partial charge < -0.3 is 9.64 Å². The Balaban J connectivity index is 1.64. The molecule has 0 aromatic heterocycles. The lowest BCUT2D eigenvalue weighted by Crippen LogP contribution is -2.40. The fourth-order valence-electron chi connectivity index (χ4n) is 3.12. The molecule has 0 atom stereocenters. The van der Waals surface area contributed by atoms with Gasteiger partial charge in [0.25, 0.3) is 0 Å². The summed E-state index contributed by atoms with van der Waals surface area (Å²) in [4.78, 5) is 2.57. The lowest BCUT2D eigenvalue weighted by molar-refractivity contribution is -0.0552. The smallest absolute Gasteiger partial charge is 0.0603 e. The monoisotopic (exact) mass is 238 g/mol. The van der Waals surface area contributed by atoms with Gasteiger partial charge in [0.1, 0.15) is 0 Å². The number of rotatable bonds is 4. The van der Waals surface area contributed by atoms with Gasteiger partial charge in [-0.1, -0.05) is 33.1 Å². The second kappa shape index (κ2) is 6.75. The summed E-state index contributed by atoms with van der Waals surface area (Å²) < 4.78 is 6.25. The molecule has 0 aromatic carbocycles. The minimum Gasteiger partial charge on any atom is -0.375 e. The maximum Gasteiger partial charge on any atom is 0.0603 e. The molecule has 2 nitrogen and oxygen atoms in total. The molecule has 1 radical (unpaired) electrons. The quantitative estimate of drug-likeness (QED) is 0.744. The van der Waals surface area contributed by atoms with Crippen molar-refractivity contribution in [3.8, 4) is 0 Å². The van der Waals surface area contributed by atoms with Crippen molar-refractivity contribution in [2.75, 3.05) is 19.6 Å². The zero-order valence-corrected chi connectivity index (χ0v) is 11.6. The zero-order valence-electron chi connectivity index (χ0n) is 11.6. The van der Waals surface area contributed by atoms with Crippen LogP contribution in [0.4, 0.5) is 0 Å². The standard InChI is InChI=1S/C15H28NO/c1-13(2)12-16-10-8-15(9-11-16)17-14-6-4-3-5-7-14/h14-15H,3-12H2,1-2H3. The molecule has 2 fully saturated rings. The topological polar surface area (TPSA) is 12.5 Å². The largest absolute Gasteiger partial charge is 0.375 e. The van der Waals surface area contributed by atoms with Gasteiger partial charge in [-0.2, -0.15) is 0 Å². The fraction of sp³-hybridized carbons (Fsp3) is 0.933.